The van der Waals surface area contributed by atoms with E-state index in [1.807, 2.05) is 60.0 Å². The summed E-state index contributed by atoms with van der Waals surface area (Å²) in [4.78, 5) is 5.81. The Kier molecular flexibility index (Phi) is 9.16. The molecule has 0 radical (unpaired) electrons. The molecule has 0 aliphatic heterocycles. The van der Waals surface area contributed by atoms with Gasteiger partial charge in [-0.15, -0.1) is 45.9 Å². The lowest BCUT2D eigenvalue weighted by atomic mass is 10.4. The second-order valence-corrected chi connectivity index (χ2v) is 7.07. The fourth-order valence-corrected chi connectivity index (χ4v) is 3.25. The number of fused-ring (bicyclic) bond motifs is 1. The lowest BCUT2D eigenvalue weighted by Gasteiger charge is -2.11. The Morgan fingerprint density at radius 3 is 2.74 bits per heavy atom. The van der Waals surface area contributed by atoms with Gasteiger partial charge < -0.3 is 10.6 Å². The number of thioether (sulfide) groups is 1. The van der Waals surface area contributed by atoms with E-state index in [-0.39, 0.29) is 24.0 Å². The van der Waals surface area contributed by atoms with E-state index in [9.17, 15) is 0 Å². The van der Waals surface area contributed by atoms with Gasteiger partial charge in [-0.3, -0.25) is 4.40 Å². The molecule has 27 heavy (non-hydrogen) atoms. The lowest BCUT2D eigenvalue weighted by molar-refractivity contribution is 0.818. The summed E-state index contributed by atoms with van der Waals surface area (Å²) in [6.07, 6.45) is 1.95. The van der Waals surface area contributed by atoms with Crippen molar-refractivity contribution >= 4 is 58.9 Å². The topological polar surface area (TPSA) is 66.6 Å². The van der Waals surface area contributed by atoms with Crippen molar-refractivity contribution in [3.63, 3.8) is 0 Å². The van der Waals surface area contributed by atoms with E-state index in [0.29, 0.717) is 6.54 Å². The first kappa shape index (κ1) is 21.8. The first-order valence-electron chi connectivity index (χ1n) is 8.45. The van der Waals surface area contributed by atoms with Crippen LogP contribution in [0.4, 0.5) is 0 Å². The van der Waals surface area contributed by atoms with Crippen LogP contribution in [0.25, 0.3) is 5.65 Å². The van der Waals surface area contributed by atoms with Crippen LogP contribution in [-0.2, 0) is 6.54 Å². The maximum atomic E-state index is 5.91. The van der Waals surface area contributed by atoms with Gasteiger partial charge in [0.1, 0.15) is 6.54 Å². The van der Waals surface area contributed by atoms with Gasteiger partial charge in [0.15, 0.2) is 17.4 Å². The van der Waals surface area contributed by atoms with Gasteiger partial charge in [-0.05, 0) is 43.3 Å². The molecule has 3 rings (SSSR count). The molecule has 0 saturated heterocycles. The fraction of sp³-hybridized carbons (Fsp3) is 0.278. The molecule has 0 amide bonds. The molecule has 1 aromatic carbocycles. The van der Waals surface area contributed by atoms with Crippen molar-refractivity contribution in [2.45, 2.75) is 18.4 Å². The minimum atomic E-state index is 0. The van der Waals surface area contributed by atoms with Crippen LogP contribution in [0.15, 0.2) is 58.5 Å². The number of hydrogen-bond acceptors (Lipinski definition) is 4. The third-order valence-corrected chi connectivity index (χ3v) is 4.85. The van der Waals surface area contributed by atoms with Crippen molar-refractivity contribution in [3.05, 3.63) is 59.5 Å². The number of aliphatic imine (C=N–C) groups is 1. The molecular formula is C18H22ClIN6S. The summed E-state index contributed by atoms with van der Waals surface area (Å²) in [5.41, 5.74) is 0.829. The van der Waals surface area contributed by atoms with Crippen molar-refractivity contribution < 1.29 is 0 Å². The van der Waals surface area contributed by atoms with Crippen LogP contribution in [-0.4, -0.2) is 39.4 Å². The molecule has 0 unspecified atom stereocenters. The zero-order chi connectivity index (χ0) is 18.2. The molecule has 0 saturated carbocycles. The van der Waals surface area contributed by atoms with E-state index in [1.54, 1.807) is 11.8 Å². The minimum absolute atomic E-state index is 0. The van der Waals surface area contributed by atoms with E-state index in [4.69, 9.17) is 11.6 Å². The first-order chi connectivity index (χ1) is 12.8. The molecule has 2 aromatic heterocycles. The van der Waals surface area contributed by atoms with Gasteiger partial charge in [0.2, 0.25) is 0 Å². The monoisotopic (exact) mass is 516 g/mol. The van der Waals surface area contributed by atoms with Crippen LogP contribution in [0.1, 0.15) is 12.7 Å². The highest BCUT2D eigenvalue weighted by Crippen LogP contribution is 2.19. The van der Waals surface area contributed by atoms with E-state index in [2.05, 4.69) is 25.8 Å². The summed E-state index contributed by atoms with van der Waals surface area (Å²) in [6.45, 7) is 4.12. The Hall–Kier alpha value is -1.52. The molecule has 9 heteroatoms. The number of hydrogen-bond donors (Lipinski definition) is 2. The van der Waals surface area contributed by atoms with Gasteiger partial charge >= 0.3 is 0 Å². The highest BCUT2D eigenvalue weighted by molar-refractivity contribution is 14.0. The largest absolute Gasteiger partial charge is 0.357 e. The fourth-order valence-electron chi connectivity index (χ4n) is 2.36. The Morgan fingerprint density at radius 2 is 1.96 bits per heavy atom. The van der Waals surface area contributed by atoms with E-state index >= 15 is 0 Å². The van der Waals surface area contributed by atoms with Crippen LogP contribution in [0, 0.1) is 0 Å². The average Bonchev–Trinajstić information content (AvgIpc) is 3.08. The number of nitrogens with one attached hydrogen (secondary N) is 2. The number of rotatable bonds is 7. The molecule has 0 atom stereocenters. The van der Waals surface area contributed by atoms with Gasteiger partial charge in [-0.25, -0.2) is 4.99 Å². The lowest BCUT2D eigenvalue weighted by Crippen LogP contribution is -2.38. The number of nitrogens with zero attached hydrogens (tertiary/aromatic N) is 4. The normalized spacial score (nSPS) is 11.3. The third-order valence-electron chi connectivity index (χ3n) is 3.58. The molecule has 0 bridgehead atoms. The second kappa shape index (κ2) is 11.4. The van der Waals surface area contributed by atoms with Gasteiger partial charge in [0.25, 0.3) is 0 Å². The van der Waals surface area contributed by atoms with Crippen LogP contribution in [0.5, 0.6) is 0 Å². The number of pyridine rings is 1. The third kappa shape index (κ3) is 6.54. The molecule has 0 fully saturated rings. The number of halogens is 2. The van der Waals surface area contributed by atoms with Crippen molar-refractivity contribution in [2.75, 3.05) is 18.8 Å². The smallest absolute Gasteiger partial charge is 0.191 e. The molecule has 144 valence electrons. The number of guanidine groups is 1. The molecule has 0 aliphatic rings. The Bertz CT molecular complexity index is 868. The minimum Gasteiger partial charge on any atom is -0.357 e. The van der Waals surface area contributed by atoms with Crippen LogP contribution in [0.3, 0.4) is 0 Å². The predicted octanol–water partition coefficient (Wildman–Crippen LogP) is 3.85. The second-order valence-electron chi connectivity index (χ2n) is 5.47. The zero-order valence-corrected chi connectivity index (χ0v) is 18.8. The van der Waals surface area contributed by atoms with Gasteiger partial charge in [-0.1, -0.05) is 17.7 Å². The summed E-state index contributed by atoms with van der Waals surface area (Å²) in [5.74, 6) is 2.52. The summed E-state index contributed by atoms with van der Waals surface area (Å²) >= 11 is 7.68. The maximum absolute atomic E-state index is 5.91. The molecule has 3 aromatic rings. The van der Waals surface area contributed by atoms with E-state index < -0.39 is 0 Å². The zero-order valence-electron chi connectivity index (χ0n) is 14.9. The highest BCUT2D eigenvalue weighted by Gasteiger charge is 2.04. The van der Waals surface area contributed by atoms with Crippen molar-refractivity contribution in [3.8, 4) is 0 Å². The van der Waals surface area contributed by atoms with Gasteiger partial charge in [-0.2, -0.15) is 0 Å². The van der Waals surface area contributed by atoms with Gasteiger partial charge in [0.05, 0.1) is 0 Å². The number of aromatic nitrogens is 3. The van der Waals surface area contributed by atoms with Crippen LogP contribution >= 0.6 is 47.3 Å². The Labute approximate surface area is 185 Å². The standard InChI is InChI=1S/C18H21ClN6S.HI/c1-2-20-18(21-10-12-26-15-8-6-14(19)7-9-15)22-13-17-24-23-16-5-3-4-11-25(16)17;/h3-9,11H,2,10,12-13H2,1H3,(H2,20,21,22);1H. The quantitative estimate of drug-likeness (QED) is 0.164. The van der Waals surface area contributed by atoms with Crippen LogP contribution in [0.2, 0.25) is 5.02 Å². The molecule has 0 aliphatic carbocycles. The maximum Gasteiger partial charge on any atom is 0.191 e. The summed E-state index contributed by atoms with van der Waals surface area (Å²) in [5, 5.41) is 15.7. The summed E-state index contributed by atoms with van der Waals surface area (Å²) in [6, 6.07) is 13.7. The molecule has 6 nitrogen and oxygen atoms in total. The summed E-state index contributed by atoms with van der Waals surface area (Å²) < 4.78 is 1.95. The SMILES string of the molecule is CCNC(=NCc1nnc2ccccn12)NCCSc1ccc(Cl)cc1.I. The molecule has 2 heterocycles. The van der Waals surface area contributed by atoms with Crippen molar-refractivity contribution in [1.82, 2.24) is 25.2 Å². The van der Waals surface area contributed by atoms with Crippen molar-refractivity contribution in [2.24, 2.45) is 4.99 Å². The highest BCUT2D eigenvalue weighted by atomic mass is 127. The van der Waals surface area contributed by atoms with E-state index in [0.717, 1.165) is 41.3 Å². The van der Waals surface area contributed by atoms with Crippen LogP contribution < -0.4 is 10.6 Å². The molecule has 0 spiro atoms. The average molecular weight is 517 g/mol. The Morgan fingerprint density at radius 1 is 1.15 bits per heavy atom. The molecular weight excluding hydrogens is 495 g/mol. The van der Waals surface area contributed by atoms with E-state index in [1.165, 1.54) is 4.90 Å². The number of benzene rings is 1. The molecule has 2 N–H and O–H groups in total. The van der Waals surface area contributed by atoms with Crippen molar-refractivity contribution in [1.29, 1.82) is 0 Å². The van der Waals surface area contributed by atoms with Gasteiger partial charge in [0, 0.05) is 35.0 Å². The Balaban J connectivity index is 0.00000261. The first-order valence-corrected chi connectivity index (χ1v) is 9.82. The predicted molar refractivity (Wildman–Crippen MR) is 123 cm³/mol. The summed E-state index contributed by atoms with van der Waals surface area (Å²) in [7, 11) is 0.